The van der Waals surface area contributed by atoms with Crippen LogP contribution in [0.3, 0.4) is 0 Å². The summed E-state index contributed by atoms with van der Waals surface area (Å²) in [7, 11) is 2.04. The Hall–Kier alpha value is -2.60. The van der Waals surface area contributed by atoms with E-state index < -0.39 is 0 Å². The smallest absolute Gasteiger partial charge is 0.338 e. The monoisotopic (exact) mass is 369 g/mol. The van der Waals surface area contributed by atoms with Gasteiger partial charge in [0.05, 0.1) is 24.3 Å². The molecule has 1 aromatic heterocycles. The van der Waals surface area contributed by atoms with Crippen LogP contribution in [-0.2, 0) is 16.6 Å². The minimum Gasteiger partial charge on any atom is -0.459 e. The number of nitrogens with one attached hydrogen (secondary N) is 1. The van der Waals surface area contributed by atoms with Crippen LogP contribution in [0.25, 0.3) is 0 Å². The lowest BCUT2D eigenvalue weighted by molar-refractivity contribution is -0.117. The highest BCUT2D eigenvalue weighted by Crippen LogP contribution is 2.31. The third-order valence-corrected chi connectivity index (χ3v) is 4.78. The van der Waals surface area contributed by atoms with E-state index in [0.717, 1.165) is 19.4 Å². The Morgan fingerprint density at radius 1 is 1.22 bits per heavy atom. The first-order chi connectivity index (χ1) is 12.9. The van der Waals surface area contributed by atoms with Gasteiger partial charge in [0.15, 0.2) is 0 Å². The van der Waals surface area contributed by atoms with Gasteiger partial charge in [-0.05, 0) is 69.6 Å². The van der Waals surface area contributed by atoms with Crippen LogP contribution in [0.15, 0.2) is 42.6 Å². The van der Waals surface area contributed by atoms with Gasteiger partial charge in [0, 0.05) is 24.6 Å². The predicted molar refractivity (Wildman–Crippen MR) is 105 cm³/mol. The van der Waals surface area contributed by atoms with E-state index in [1.54, 1.807) is 24.3 Å². The van der Waals surface area contributed by atoms with Crippen LogP contribution in [0.5, 0.6) is 0 Å². The van der Waals surface area contributed by atoms with Gasteiger partial charge in [0.2, 0.25) is 5.91 Å². The van der Waals surface area contributed by atoms with E-state index in [0.29, 0.717) is 17.8 Å². The highest BCUT2D eigenvalue weighted by atomic mass is 16.5. The Bertz CT molecular complexity index is 795. The van der Waals surface area contributed by atoms with E-state index in [-0.39, 0.29) is 24.0 Å². The molecule has 1 aliphatic rings. The van der Waals surface area contributed by atoms with Crippen molar-refractivity contribution >= 4 is 17.6 Å². The van der Waals surface area contributed by atoms with E-state index in [1.165, 1.54) is 5.69 Å². The minimum absolute atomic E-state index is 0.0476. The number of hydrogen-bond acceptors (Lipinski definition) is 4. The molecule has 1 aliphatic heterocycles. The number of rotatable bonds is 6. The molecule has 2 aromatic rings. The number of carbonyl (C=O) groups excluding carboxylic acids is 2. The zero-order valence-electron chi connectivity index (χ0n) is 16.1. The van der Waals surface area contributed by atoms with Crippen molar-refractivity contribution in [3.8, 4) is 0 Å². The summed E-state index contributed by atoms with van der Waals surface area (Å²) in [6.45, 7) is 4.90. The number of nitrogens with zero attached hydrogens (tertiary/aromatic N) is 2. The second kappa shape index (κ2) is 8.39. The number of anilines is 1. The zero-order chi connectivity index (χ0) is 19.4. The van der Waals surface area contributed by atoms with Gasteiger partial charge in [0.25, 0.3) is 0 Å². The Balaban J connectivity index is 1.57. The van der Waals surface area contributed by atoms with E-state index >= 15 is 0 Å². The van der Waals surface area contributed by atoms with Crippen molar-refractivity contribution in [3.63, 3.8) is 0 Å². The predicted octanol–water partition coefficient (Wildman–Crippen LogP) is 3.37. The standard InChI is InChI=1S/C21H27N3O3/c1-15(2)27-21(26)16-8-10-17(11-9-16)22-20(25)14-24-13-5-7-19(24)18-6-4-12-23(18)3/h4,6,8-12,15,19H,5,7,13-14H2,1-3H3,(H,22,25)/t19-/m0/s1. The summed E-state index contributed by atoms with van der Waals surface area (Å²) in [4.78, 5) is 26.6. The Labute approximate surface area is 160 Å². The van der Waals surface area contributed by atoms with Gasteiger partial charge < -0.3 is 14.6 Å². The number of carbonyl (C=O) groups is 2. The van der Waals surface area contributed by atoms with Crippen LogP contribution in [0, 0.1) is 0 Å². The molecule has 0 unspecified atom stereocenters. The van der Waals surface area contributed by atoms with Crippen molar-refractivity contribution in [2.75, 3.05) is 18.4 Å². The Morgan fingerprint density at radius 2 is 1.96 bits per heavy atom. The average molecular weight is 369 g/mol. The van der Waals surface area contributed by atoms with Crippen molar-refractivity contribution < 1.29 is 14.3 Å². The van der Waals surface area contributed by atoms with E-state index in [9.17, 15) is 9.59 Å². The molecule has 1 atom stereocenters. The molecule has 1 aromatic carbocycles. The molecule has 1 amide bonds. The number of likely N-dealkylation sites (tertiary alicyclic amines) is 1. The normalized spacial score (nSPS) is 17.3. The Kier molecular flexibility index (Phi) is 5.96. The number of hydrogen-bond donors (Lipinski definition) is 1. The van der Waals surface area contributed by atoms with E-state index in [1.807, 2.05) is 33.2 Å². The Morgan fingerprint density at radius 3 is 2.59 bits per heavy atom. The van der Waals surface area contributed by atoms with Crippen LogP contribution in [0.4, 0.5) is 5.69 Å². The lowest BCUT2D eigenvalue weighted by Crippen LogP contribution is -2.33. The van der Waals surface area contributed by atoms with Crippen LogP contribution in [0.2, 0.25) is 0 Å². The van der Waals surface area contributed by atoms with Crippen LogP contribution < -0.4 is 5.32 Å². The van der Waals surface area contributed by atoms with Gasteiger partial charge in [-0.3, -0.25) is 9.69 Å². The van der Waals surface area contributed by atoms with Gasteiger partial charge in [0.1, 0.15) is 0 Å². The van der Waals surface area contributed by atoms with Gasteiger partial charge >= 0.3 is 5.97 Å². The number of ether oxygens (including phenoxy) is 1. The first-order valence-electron chi connectivity index (χ1n) is 9.40. The third-order valence-electron chi connectivity index (χ3n) is 4.78. The third kappa shape index (κ3) is 4.77. The van der Waals surface area contributed by atoms with E-state index in [2.05, 4.69) is 20.9 Å². The molecule has 6 nitrogen and oxygen atoms in total. The van der Waals surface area contributed by atoms with Crippen molar-refractivity contribution in [1.29, 1.82) is 0 Å². The van der Waals surface area contributed by atoms with Crippen LogP contribution in [-0.4, -0.2) is 40.5 Å². The highest BCUT2D eigenvalue weighted by Gasteiger charge is 2.28. The summed E-state index contributed by atoms with van der Waals surface area (Å²) in [5, 5.41) is 2.92. The molecule has 27 heavy (non-hydrogen) atoms. The summed E-state index contributed by atoms with van der Waals surface area (Å²) in [5.74, 6) is -0.404. The molecule has 6 heteroatoms. The maximum absolute atomic E-state index is 12.5. The zero-order valence-corrected chi connectivity index (χ0v) is 16.1. The molecule has 0 bridgehead atoms. The summed E-state index contributed by atoms with van der Waals surface area (Å²) in [6.07, 6.45) is 4.04. The van der Waals surface area contributed by atoms with Crippen LogP contribution in [0.1, 0.15) is 48.8 Å². The number of benzene rings is 1. The van der Waals surface area contributed by atoms with Crippen molar-refractivity contribution in [3.05, 3.63) is 53.9 Å². The lowest BCUT2D eigenvalue weighted by atomic mass is 10.1. The van der Waals surface area contributed by atoms with Gasteiger partial charge in [-0.1, -0.05) is 0 Å². The summed E-state index contributed by atoms with van der Waals surface area (Å²) in [6, 6.07) is 11.2. The van der Waals surface area contributed by atoms with Gasteiger partial charge in [-0.25, -0.2) is 4.79 Å². The molecule has 144 valence electrons. The first kappa shape index (κ1) is 19.2. The SMILES string of the molecule is CC(C)OC(=O)c1ccc(NC(=O)CN2CCC[C@H]2c2cccn2C)cc1. The van der Waals surface area contributed by atoms with Crippen molar-refractivity contribution in [2.24, 2.45) is 7.05 Å². The molecule has 2 heterocycles. The maximum atomic E-state index is 12.5. The minimum atomic E-state index is -0.356. The van der Waals surface area contributed by atoms with Crippen molar-refractivity contribution in [1.82, 2.24) is 9.47 Å². The number of esters is 1. The topological polar surface area (TPSA) is 63.6 Å². The fourth-order valence-corrected chi connectivity index (χ4v) is 3.53. The summed E-state index contributed by atoms with van der Waals surface area (Å²) in [5.41, 5.74) is 2.40. The van der Waals surface area contributed by atoms with Crippen molar-refractivity contribution in [2.45, 2.75) is 38.8 Å². The van der Waals surface area contributed by atoms with Crippen LogP contribution >= 0.6 is 0 Å². The molecule has 0 saturated carbocycles. The average Bonchev–Trinajstić information content (AvgIpc) is 3.23. The molecule has 1 fully saturated rings. The molecular formula is C21H27N3O3. The molecular weight excluding hydrogens is 342 g/mol. The van der Waals surface area contributed by atoms with E-state index in [4.69, 9.17) is 4.74 Å². The largest absolute Gasteiger partial charge is 0.459 e. The molecule has 0 radical (unpaired) electrons. The number of aryl methyl sites for hydroxylation is 1. The summed E-state index contributed by atoms with van der Waals surface area (Å²) < 4.78 is 7.29. The summed E-state index contributed by atoms with van der Waals surface area (Å²) >= 11 is 0. The second-order valence-corrected chi connectivity index (χ2v) is 7.25. The fraction of sp³-hybridized carbons (Fsp3) is 0.429. The molecule has 0 spiro atoms. The molecule has 3 rings (SSSR count). The maximum Gasteiger partial charge on any atom is 0.338 e. The van der Waals surface area contributed by atoms with Gasteiger partial charge in [-0.15, -0.1) is 0 Å². The quantitative estimate of drug-likeness (QED) is 0.793. The first-order valence-corrected chi connectivity index (χ1v) is 9.40. The second-order valence-electron chi connectivity index (χ2n) is 7.25. The molecule has 1 N–H and O–H groups in total. The fourth-order valence-electron chi connectivity index (χ4n) is 3.53. The van der Waals surface area contributed by atoms with Gasteiger partial charge in [-0.2, -0.15) is 0 Å². The molecule has 1 saturated heterocycles. The highest BCUT2D eigenvalue weighted by molar-refractivity contribution is 5.94. The molecule has 0 aliphatic carbocycles. The number of aromatic nitrogens is 1. The number of amides is 1. The lowest BCUT2D eigenvalue weighted by Gasteiger charge is -2.24.